The predicted octanol–water partition coefficient (Wildman–Crippen LogP) is 2.69. The van der Waals surface area contributed by atoms with E-state index in [1.165, 1.54) is 6.20 Å². The molecule has 1 N–H and O–H groups in total. The van der Waals surface area contributed by atoms with E-state index in [4.69, 9.17) is 11.6 Å². The molecule has 5 heteroatoms. The van der Waals surface area contributed by atoms with Crippen molar-refractivity contribution < 1.29 is 4.79 Å². The largest absolute Gasteiger partial charge is 0.322 e. The number of carbonyl (C=O) groups excluding carboxylic acids is 1. The molecule has 0 radical (unpaired) electrons. The molecule has 0 aromatic carbocycles. The number of halogens is 1. The zero-order chi connectivity index (χ0) is 12.3. The lowest BCUT2D eigenvalue weighted by atomic mass is 10.2. The van der Waals surface area contributed by atoms with Gasteiger partial charge in [-0.15, -0.1) is 0 Å². The van der Waals surface area contributed by atoms with Crippen LogP contribution in [0.5, 0.6) is 0 Å². The third kappa shape index (κ3) is 2.79. The molecule has 0 aliphatic carbocycles. The minimum atomic E-state index is -0.284. The Hall–Kier alpha value is -1.94. The van der Waals surface area contributed by atoms with Crippen LogP contribution < -0.4 is 5.32 Å². The standard InChI is InChI=1S/C12H10ClN3O/c1-8-7-9(4-6-14-8)16-12(17)10-3-2-5-15-11(10)13/h2-7H,1H3,(H,14,16,17). The molecule has 0 bridgehead atoms. The van der Waals surface area contributed by atoms with Crippen molar-refractivity contribution in [2.24, 2.45) is 0 Å². The minimum Gasteiger partial charge on any atom is -0.322 e. The lowest BCUT2D eigenvalue weighted by Gasteiger charge is -2.06. The molecule has 86 valence electrons. The van der Waals surface area contributed by atoms with Gasteiger partial charge < -0.3 is 5.32 Å². The van der Waals surface area contributed by atoms with Crippen LogP contribution in [-0.2, 0) is 0 Å². The van der Waals surface area contributed by atoms with Crippen molar-refractivity contribution in [1.82, 2.24) is 9.97 Å². The monoisotopic (exact) mass is 247 g/mol. The maximum atomic E-state index is 11.9. The fraction of sp³-hybridized carbons (Fsp3) is 0.0833. The second kappa shape index (κ2) is 4.93. The smallest absolute Gasteiger partial charge is 0.258 e. The van der Waals surface area contributed by atoms with Crippen LogP contribution in [0.15, 0.2) is 36.7 Å². The summed E-state index contributed by atoms with van der Waals surface area (Å²) in [4.78, 5) is 19.8. The molecule has 2 rings (SSSR count). The van der Waals surface area contributed by atoms with E-state index in [1.54, 1.807) is 30.5 Å². The Morgan fingerprint density at radius 1 is 1.29 bits per heavy atom. The molecule has 0 aliphatic heterocycles. The zero-order valence-electron chi connectivity index (χ0n) is 9.14. The highest BCUT2D eigenvalue weighted by atomic mass is 35.5. The van der Waals surface area contributed by atoms with Gasteiger partial charge in [-0.3, -0.25) is 9.78 Å². The van der Waals surface area contributed by atoms with Gasteiger partial charge in [0.2, 0.25) is 0 Å². The number of nitrogens with one attached hydrogen (secondary N) is 1. The lowest BCUT2D eigenvalue weighted by Crippen LogP contribution is -2.13. The Morgan fingerprint density at radius 3 is 2.82 bits per heavy atom. The SMILES string of the molecule is Cc1cc(NC(=O)c2cccnc2Cl)ccn1. The highest BCUT2D eigenvalue weighted by Crippen LogP contribution is 2.14. The van der Waals surface area contributed by atoms with E-state index in [0.717, 1.165) is 5.69 Å². The number of aryl methyl sites for hydroxylation is 1. The first kappa shape index (κ1) is 11.5. The zero-order valence-corrected chi connectivity index (χ0v) is 9.90. The molecule has 17 heavy (non-hydrogen) atoms. The van der Waals surface area contributed by atoms with Crippen molar-refractivity contribution in [3.8, 4) is 0 Å². The predicted molar refractivity (Wildman–Crippen MR) is 66.2 cm³/mol. The normalized spacial score (nSPS) is 10.0. The summed E-state index contributed by atoms with van der Waals surface area (Å²) in [6.07, 6.45) is 3.17. The van der Waals surface area contributed by atoms with Gasteiger partial charge in [0.15, 0.2) is 0 Å². The van der Waals surface area contributed by atoms with E-state index in [0.29, 0.717) is 11.3 Å². The Morgan fingerprint density at radius 2 is 2.12 bits per heavy atom. The molecule has 4 nitrogen and oxygen atoms in total. The van der Waals surface area contributed by atoms with E-state index >= 15 is 0 Å². The van der Waals surface area contributed by atoms with Gasteiger partial charge in [-0.1, -0.05) is 11.6 Å². The van der Waals surface area contributed by atoms with Crippen LogP contribution in [0.3, 0.4) is 0 Å². The van der Waals surface area contributed by atoms with Gasteiger partial charge in [0, 0.05) is 23.8 Å². The number of carbonyl (C=O) groups is 1. The topological polar surface area (TPSA) is 54.9 Å². The number of rotatable bonds is 2. The third-order valence-corrected chi connectivity index (χ3v) is 2.46. The number of aromatic nitrogens is 2. The van der Waals surface area contributed by atoms with Crippen molar-refractivity contribution in [2.75, 3.05) is 5.32 Å². The van der Waals surface area contributed by atoms with Gasteiger partial charge >= 0.3 is 0 Å². The fourth-order valence-corrected chi connectivity index (χ4v) is 1.58. The Balaban J connectivity index is 2.20. The summed E-state index contributed by atoms with van der Waals surface area (Å²) in [6.45, 7) is 1.85. The minimum absolute atomic E-state index is 0.191. The number of pyridine rings is 2. The molecule has 2 heterocycles. The van der Waals surface area contributed by atoms with E-state index in [9.17, 15) is 4.79 Å². The first-order valence-corrected chi connectivity index (χ1v) is 5.39. The Kier molecular flexibility index (Phi) is 3.35. The van der Waals surface area contributed by atoms with Crippen LogP contribution >= 0.6 is 11.6 Å². The maximum absolute atomic E-state index is 11.9. The summed E-state index contributed by atoms with van der Waals surface area (Å²) < 4.78 is 0. The fourth-order valence-electron chi connectivity index (χ4n) is 1.38. The summed E-state index contributed by atoms with van der Waals surface area (Å²) in [5.41, 5.74) is 1.87. The van der Waals surface area contributed by atoms with Crippen LogP contribution in [-0.4, -0.2) is 15.9 Å². The lowest BCUT2D eigenvalue weighted by molar-refractivity contribution is 0.102. The molecule has 0 saturated carbocycles. The van der Waals surface area contributed by atoms with Gasteiger partial charge in [0.25, 0.3) is 5.91 Å². The molecule has 2 aromatic heterocycles. The van der Waals surface area contributed by atoms with Gasteiger partial charge in [-0.2, -0.15) is 0 Å². The number of amides is 1. The van der Waals surface area contributed by atoms with Crippen molar-refractivity contribution in [1.29, 1.82) is 0 Å². The molecular weight excluding hydrogens is 238 g/mol. The molecule has 1 amide bonds. The van der Waals surface area contributed by atoms with E-state index in [2.05, 4.69) is 15.3 Å². The molecule has 0 unspecified atom stereocenters. The number of anilines is 1. The summed E-state index contributed by atoms with van der Waals surface area (Å²) in [5.74, 6) is -0.284. The molecule has 0 spiro atoms. The van der Waals surface area contributed by atoms with Gasteiger partial charge in [-0.25, -0.2) is 4.98 Å². The average molecular weight is 248 g/mol. The summed E-state index contributed by atoms with van der Waals surface area (Å²) >= 11 is 5.83. The van der Waals surface area contributed by atoms with E-state index in [-0.39, 0.29) is 11.1 Å². The van der Waals surface area contributed by atoms with Gasteiger partial charge in [0.05, 0.1) is 5.56 Å². The Labute approximate surface area is 104 Å². The first-order valence-electron chi connectivity index (χ1n) is 5.01. The molecule has 2 aromatic rings. The third-order valence-electron chi connectivity index (χ3n) is 2.16. The second-order valence-electron chi connectivity index (χ2n) is 3.48. The maximum Gasteiger partial charge on any atom is 0.258 e. The van der Waals surface area contributed by atoms with Crippen LogP contribution in [0.1, 0.15) is 16.1 Å². The van der Waals surface area contributed by atoms with Crippen LogP contribution in [0, 0.1) is 6.92 Å². The van der Waals surface area contributed by atoms with Crippen molar-refractivity contribution in [3.05, 3.63) is 53.1 Å². The summed E-state index contributed by atoms with van der Waals surface area (Å²) in [6, 6.07) is 6.79. The van der Waals surface area contributed by atoms with Crippen molar-refractivity contribution >= 4 is 23.2 Å². The molecular formula is C12H10ClN3O. The van der Waals surface area contributed by atoms with E-state index < -0.39 is 0 Å². The Bertz CT molecular complexity index is 557. The van der Waals surface area contributed by atoms with Gasteiger partial charge in [0.1, 0.15) is 5.15 Å². The molecule has 0 atom stereocenters. The highest BCUT2D eigenvalue weighted by Gasteiger charge is 2.10. The first-order chi connectivity index (χ1) is 8.16. The molecule has 0 saturated heterocycles. The van der Waals surface area contributed by atoms with Crippen LogP contribution in [0.4, 0.5) is 5.69 Å². The molecule has 0 fully saturated rings. The second-order valence-corrected chi connectivity index (χ2v) is 3.84. The molecule has 0 aliphatic rings. The van der Waals surface area contributed by atoms with Crippen LogP contribution in [0.2, 0.25) is 5.15 Å². The highest BCUT2D eigenvalue weighted by molar-refractivity contribution is 6.33. The van der Waals surface area contributed by atoms with Crippen molar-refractivity contribution in [2.45, 2.75) is 6.92 Å². The van der Waals surface area contributed by atoms with E-state index in [1.807, 2.05) is 6.92 Å². The van der Waals surface area contributed by atoms with Crippen molar-refractivity contribution in [3.63, 3.8) is 0 Å². The number of hydrogen-bond donors (Lipinski definition) is 1. The average Bonchev–Trinajstić information content (AvgIpc) is 2.29. The van der Waals surface area contributed by atoms with Crippen LogP contribution in [0.25, 0.3) is 0 Å². The van der Waals surface area contributed by atoms with Gasteiger partial charge in [-0.05, 0) is 31.2 Å². The quantitative estimate of drug-likeness (QED) is 0.830. The number of nitrogens with zero attached hydrogens (tertiary/aromatic N) is 2. The summed E-state index contributed by atoms with van der Waals surface area (Å²) in [5, 5.41) is 2.93. The number of hydrogen-bond acceptors (Lipinski definition) is 3. The summed E-state index contributed by atoms with van der Waals surface area (Å²) in [7, 11) is 0.